The predicted molar refractivity (Wildman–Crippen MR) is 74.6 cm³/mol. The van der Waals surface area contributed by atoms with Crippen LogP contribution in [0.1, 0.15) is 48.0 Å². The molecule has 0 heterocycles. The molecular formula is C15H27NO. The Hall–Kier alpha value is -1.05. The number of allylic oxidation sites excluding steroid dienone is 1. The molecule has 0 saturated carbocycles. The summed E-state index contributed by atoms with van der Waals surface area (Å²) in [5, 5.41) is 0. The number of carbonyl (C=O) groups is 1. The van der Waals surface area contributed by atoms with Crippen LogP contribution in [0.2, 0.25) is 0 Å². The average molecular weight is 237 g/mol. The molecule has 2 heteroatoms. The van der Waals surface area contributed by atoms with Gasteiger partial charge in [-0.3, -0.25) is 4.79 Å². The van der Waals surface area contributed by atoms with Crippen LogP contribution in [0.25, 0.3) is 0 Å². The maximum Gasteiger partial charge on any atom is 0.226 e. The first-order chi connectivity index (χ1) is 7.61. The Morgan fingerprint density at radius 3 is 2.06 bits per heavy atom. The highest BCUT2D eigenvalue weighted by molar-refractivity contribution is 5.77. The molecule has 1 unspecified atom stereocenters. The van der Waals surface area contributed by atoms with Crippen molar-refractivity contribution < 1.29 is 4.79 Å². The highest BCUT2D eigenvalue weighted by atomic mass is 16.2. The number of nitrogens with zero attached hydrogens (tertiary/aromatic N) is 1. The molecule has 2 nitrogen and oxygen atoms in total. The second-order valence-corrected chi connectivity index (χ2v) is 5.77. The summed E-state index contributed by atoms with van der Waals surface area (Å²) in [4.78, 5) is 13.6. The van der Waals surface area contributed by atoms with Gasteiger partial charge < -0.3 is 4.90 Å². The molecule has 0 aromatic carbocycles. The van der Waals surface area contributed by atoms with E-state index in [1.807, 2.05) is 13.8 Å². The van der Waals surface area contributed by atoms with E-state index in [2.05, 4.69) is 40.9 Å². The Morgan fingerprint density at radius 1 is 1.29 bits per heavy atom. The van der Waals surface area contributed by atoms with Gasteiger partial charge >= 0.3 is 0 Å². The summed E-state index contributed by atoms with van der Waals surface area (Å²) >= 11 is 0. The van der Waals surface area contributed by atoms with Crippen LogP contribution in [0.3, 0.4) is 0 Å². The SMILES string of the molecule is C=C(C)N(CC(C)C(=C)C(C)(C)C)C(=O)CC. The van der Waals surface area contributed by atoms with Crippen LogP contribution in [0.15, 0.2) is 24.4 Å². The van der Waals surface area contributed by atoms with E-state index >= 15 is 0 Å². The Kier molecular flexibility index (Phi) is 5.67. The van der Waals surface area contributed by atoms with Gasteiger partial charge in [-0.1, -0.05) is 53.3 Å². The first kappa shape index (κ1) is 16.0. The zero-order valence-corrected chi connectivity index (χ0v) is 12.3. The number of hydrogen-bond donors (Lipinski definition) is 0. The number of hydrogen-bond acceptors (Lipinski definition) is 1. The van der Waals surface area contributed by atoms with E-state index in [4.69, 9.17) is 0 Å². The molecule has 0 aliphatic carbocycles. The van der Waals surface area contributed by atoms with Crippen molar-refractivity contribution in [3.8, 4) is 0 Å². The fourth-order valence-corrected chi connectivity index (χ4v) is 1.78. The molecule has 17 heavy (non-hydrogen) atoms. The molecule has 0 radical (unpaired) electrons. The van der Waals surface area contributed by atoms with Crippen LogP contribution in [0.5, 0.6) is 0 Å². The average Bonchev–Trinajstić information content (AvgIpc) is 2.21. The van der Waals surface area contributed by atoms with Gasteiger partial charge in [0.15, 0.2) is 0 Å². The minimum atomic E-state index is 0.0788. The number of rotatable bonds is 5. The minimum absolute atomic E-state index is 0.0788. The van der Waals surface area contributed by atoms with Crippen LogP contribution in [-0.4, -0.2) is 17.4 Å². The topological polar surface area (TPSA) is 20.3 Å². The van der Waals surface area contributed by atoms with E-state index in [-0.39, 0.29) is 17.2 Å². The largest absolute Gasteiger partial charge is 0.317 e. The van der Waals surface area contributed by atoms with Crippen LogP contribution in [-0.2, 0) is 4.79 Å². The third-order valence-corrected chi connectivity index (χ3v) is 3.08. The van der Waals surface area contributed by atoms with E-state index in [0.29, 0.717) is 13.0 Å². The molecule has 0 aromatic heterocycles. The molecule has 0 N–H and O–H groups in total. The van der Waals surface area contributed by atoms with Crippen molar-refractivity contribution in [2.75, 3.05) is 6.54 Å². The summed E-state index contributed by atoms with van der Waals surface area (Å²) < 4.78 is 0. The second kappa shape index (κ2) is 6.04. The highest BCUT2D eigenvalue weighted by Gasteiger charge is 2.23. The van der Waals surface area contributed by atoms with Crippen LogP contribution in [0, 0.1) is 11.3 Å². The zero-order valence-electron chi connectivity index (χ0n) is 12.3. The third kappa shape index (κ3) is 4.76. The lowest BCUT2D eigenvalue weighted by Crippen LogP contribution is -2.34. The zero-order chi connectivity index (χ0) is 13.8. The minimum Gasteiger partial charge on any atom is -0.317 e. The summed E-state index contributed by atoms with van der Waals surface area (Å²) in [5.74, 6) is 0.410. The third-order valence-electron chi connectivity index (χ3n) is 3.08. The van der Waals surface area contributed by atoms with Crippen molar-refractivity contribution in [2.24, 2.45) is 11.3 Å². The molecule has 0 bridgehead atoms. The molecule has 0 aromatic rings. The monoisotopic (exact) mass is 237 g/mol. The van der Waals surface area contributed by atoms with Gasteiger partial charge in [-0.25, -0.2) is 0 Å². The molecule has 0 rings (SSSR count). The van der Waals surface area contributed by atoms with Crippen LogP contribution < -0.4 is 0 Å². The van der Waals surface area contributed by atoms with Gasteiger partial charge in [0.1, 0.15) is 0 Å². The summed E-state index contributed by atoms with van der Waals surface area (Å²) in [7, 11) is 0. The Labute approximate surface area is 106 Å². The Bertz CT molecular complexity index is 309. The first-order valence-corrected chi connectivity index (χ1v) is 6.26. The normalized spacial score (nSPS) is 13.1. The Morgan fingerprint density at radius 2 is 1.76 bits per heavy atom. The molecule has 1 amide bonds. The fourth-order valence-electron chi connectivity index (χ4n) is 1.78. The lowest BCUT2D eigenvalue weighted by molar-refractivity contribution is -0.129. The standard InChI is InChI=1S/C15H27NO/c1-9-14(17)16(11(2)3)10-12(4)13(5)15(6,7)8/h12H,2,5,9-10H2,1,3-4,6-8H3. The van der Waals surface area contributed by atoms with E-state index in [1.165, 1.54) is 5.57 Å². The van der Waals surface area contributed by atoms with Crippen molar-refractivity contribution in [2.45, 2.75) is 48.0 Å². The maximum absolute atomic E-state index is 11.8. The highest BCUT2D eigenvalue weighted by Crippen LogP contribution is 2.30. The van der Waals surface area contributed by atoms with Crippen molar-refractivity contribution in [3.63, 3.8) is 0 Å². The second-order valence-electron chi connectivity index (χ2n) is 5.77. The maximum atomic E-state index is 11.8. The Balaban J connectivity index is 4.74. The first-order valence-electron chi connectivity index (χ1n) is 6.26. The van der Waals surface area contributed by atoms with Gasteiger partial charge in [0.2, 0.25) is 5.91 Å². The molecule has 1 atom stereocenters. The van der Waals surface area contributed by atoms with Crippen molar-refractivity contribution in [1.82, 2.24) is 4.90 Å². The van der Waals surface area contributed by atoms with E-state index in [0.717, 1.165) is 5.70 Å². The molecule has 98 valence electrons. The number of amides is 1. The molecule has 0 aliphatic heterocycles. The van der Waals surface area contributed by atoms with E-state index in [9.17, 15) is 4.79 Å². The van der Waals surface area contributed by atoms with Gasteiger partial charge in [0, 0.05) is 18.7 Å². The molecule has 0 spiro atoms. The molecular weight excluding hydrogens is 210 g/mol. The molecule has 0 fully saturated rings. The van der Waals surface area contributed by atoms with Gasteiger partial charge in [-0.15, -0.1) is 0 Å². The summed E-state index contributed by atoms with van der Waals surface area (Å²) in [5.41, 5.74) is 2.06. The molecule has 0 aliphatic rings. The smallest absolute Gasteiger partial charge is 0.226 e. The van der Waals surface area contributed by atoms with Gasteiger partial charge in [-0.2, -0.15) is 0 Å². The van der Waals surface area contributed by atoms with Crippen molar-refractivity contribution in [1.29, 1.82) is 0 Å². The molecule has 0 saturated heterocycles. The van der Waals surface area contributed by atoms with E-state index in [1.54, 1.807) is 4.90 Å². The lowest BCUT2D eigenvalue weighted by Gasteiger charge is -2.32. The van der Waals surface area contributed by atoms with Crippen LogP contribution >= 0.6 is 0 Å². The van der Waals surface area contributed by atoms with E-state index < -0.39 is 0 Å². The predicted octanol–water partition coefficient (Wildman–Crippen LogP) is 4.00. The van der Waals surface area contributed by atoms with Crippen molar-refractivity contribution in [3.05, 3.63) is 24.4 Å². The van der Waals surface area contributed by atoms with Crippen LogP contribution in [0.4, 0.5) is 0 Å². The quantitative estimate of drug-likeness (QED) is 0.662. The van der Waals surface area contributed by atoms with Gasteiger partial charge in [0.05, 0.1) is 0 Å². The summed E-state index contributed by atoms with van der Waals surface area (Å²) in [6.45, 7) is 21.0. The van der Waals surface area contributed by atoms with Gasteiger partial charge in [0.25, 0.3) is 0 Å². The summed E-state index contributed by atoms with van der Waals surface area (Å²) in [6, 6.07) is 0. The number of carbonyl (C=O) groups excluding carboxylic acids is 1. The van der Waals surface area contributed by atoms with Gasteiger partial charge in [-0.05, 0) is 18.3 Å². The fraction of sp³-hybridized carbons (Fsp3) is 0.667. The lowest BCUT2D eigenvalue weighted by atomic mass is 9.80. The summed E-state index contributed by atoms with van der Waals surface area (Å²) in [6.07, 6.45) is 0.515. The van der Waals surface area contributed by atoms with Crippen molar-refractivity contribution >= 4 is 5.91 Å².